The van der Waals surface area contributed by atoms with Gasteiger partial charge in [-0.15, -0.1) is 0 Å². The Balaban J connectivity index is 1.66. The maximum atomic E-state index is 12.7. The third kappa shape index (κ3) is 2.76. The van der Waals surface area contributed by atoms with Crippen LogP contribution < -0.4 is 5.32 Å². The van der Waals surface area contributed by atoms with Crippen LogP contribution in [0, 0.1) is 13.8 Å². The van der Waals surface area contributed by atoms with Gasteiger partial charge in [0.1, 0.15) is 0 Å². The molecule has 2 N–H and O–H groups in total. The van der Waals surface area contributed by atoms with Crippen molar-refractivity contribution < 1.29 is 4.79 Å². The number of hydrogen-bond donors (Lipinski definition) is 2. The molecule has 6 heteroatoms. The minimum atomic E-state index is -0.177. The van der Waals surface area contributed by atoms with Gasteiger partial charge in [-0.2, -0.15) is 5.10 Å². The Labute approximate surface area is 155 Å². The highest BCUT2D eigenvalue weighted by Crippen LogP contribution is 2.25. The van der Waals surface area contributed by atoms with E-state index >= 15 is 0 Å². The van der Waals surface area contributed by atoms with Crippen molar-refractivity contribution in [3.8, 4) is 5.69 Å². The van der Waals surface area contributed by atoms with E-state index < -0.39 is 0 Å². The molecule has 0 spiro atoms. The summed E-state index contributed by atoms with van der Waals surface area (Å²) in [5.41, 5.74) is 4.69. The number of aromatic amines is 1. The molecule has 0 aliphatic rings. The number of hydrogen-bond acceptors (Lipinski definition) is 2. The first kappa shape index (κ1) is 16.4. The third-order valence-electron chi connectivity index (χ3n) is 4.39. The number of fused-ring (bicyclic) bond motifs is 1. The predicted octanol–water partition coefficient (Wildman–Crippen LogP) is 4.88. The number of para-hydroxylation sites is 1. The summed E-state index contributed by atoms with van der Waals surface area (Å²) < 4.78 is 1.75. The van der Waals surface area contributed by atoms with Gasteiger partial charge in [-0.05, 0) is 38.1 Å². The number of H-pyrrole nitrogens is 1. The molecule has 4 rings (SSSR count). The largest absolute Gasteiger partial charge is 0.359 e. The third-order valence-corrected chi connectivity index (χ3v) is 4.94. The monoisotopic (exact) mass is 364 g/mol. The number of anilines is 1. The van der Waals surface area contributed by atoms with Gasteiger partial charge in [-0.1, -0.05) is 35.9 Å². The molecule has 2 aromatic carbocycles. The van der Waals surface area contributed by atoms with Gasteiger partial charge < -0.3 is 10.3 Å². The number of halogens is 1. The van der Waals surface area contributed by atoms with Gasteiger partial charge in [-0.3, -0.25) is 4.79 Å². The molecule has 0 fully saturated rings. The van der Waals surface area contributed by atoms with Crippen LogP contribution in [0.2, 0.25) is 5.02 Å². The van der Waals surface area contributed by atoms with E-state index in [1.165, 1.54) is 0 Å². The highest BCUT2D eigenvalue weighted by molar-refractivity contribution is 6.31. The Bertz CT molecular complexity index is 1130. The Morgan fingerprint density at radius 1 is 1.15 bits per heavy atom. The van der Waals surface area contributed by atoms with Crippen LogP contribution in [0.5, 0.6) is 0 Å². The fourth-order valence-corrected chi connectivity index (χ4v) is 3.14. The Morgan fingerprint density at radius 3 is 2.73 bits per heavy atom. The number of benzene rings is 2. The molecule has 4 aromatic rings. The summed E-state index contributed by atoms with van der Waals surface area (Å²) >= 11 is 6.23. The van der Waals surface area contributed by atoms with Gasteiger partial charge in [0, 0.05) is 22.7 Å². The molecule has 26 heavy (non-hydrogen) atoms. The summed E-state index contributed by atoms with van der Waals surface area (Å²) in [5.74, 6) is -0.177. The molecule has 0 saturated carbocycles. The number of rotatable bonds is 3. The smallest absolute Gasteiger partial charge is 0.255 e. The summed E-state index contributed by atoms with van der Waals surface area (Å²) in [6.45, 7) is 3.76. The van der Waals surface area contributed by atoms with Gasteiger partial charge in [0.15, 0.2) is 0 Å². The van der Waals surface area contributed by atoms with Gasteiger partial charge in [0.2, 0.25) is 0 Å². The zero-order valence-corrected chi connectivity index (χ0v) is 15.1. The lowest BCUT2D eigenvalue weighted by atomic mass is 10.1. The predicted molar refractivity (Wildman–Crippen MR) is 104 cm³/mol. The summed E-state index contributed by atoms with van der Waals surface area (Å²) in [5, 5.41) is 9.02. The fourth-order valence-electron chi connectivity index (χ4n) is 3.02. The van der Waals surface area contributed by atoms with E-state index in [4.69, 9.17) is 11.6 Å². The summed E-state index contributed by atoms with van der Waals surface area (Å²) in [4.78, 5) is 15.9. The van der Waals surface area contributed by atoms with Crippen molar-refractivity contribution in [3.63, 3.8) is 0 Å². The van der Waals surface area contributed by atoms with Crippen LogP contribution in [-0.2, 0) is 0 Å². The van der Waals surface area contributed by atoms with E-state index in [1.807, 2.05) is 50.2 Å². The zero-order valence-electron chi connectivity index (χ0n) is 14.4. The fraction of sp³-hybridized carbons (Fsp3) is 0.100. The summed E-state index contributed by atoms with van der Waals surface area (Å²) in [7, 11) is 0. The first-order valence-electron chi connectivity index (χ1n) is 8.24. The molecule has 130 valence electrons. The lowest BCUT2D eigenvalue weighted by Gasteiger charge is -2.08. The van der Waals surface area contributed by atoms with Crippen molar-refractivity contribution in [2.45, 2.75) is 13.8 Å². The van der Waals surface area contributed by atoms with Crippen molar-refractivity contribution in [3.05, 3.63) is 76.7 Å². The number of nitrogens with one attached hydrogen (secondary N) is 2. The second-order valence-electron chi connectivity index (χ2n) is 6.15. The Hall–Kier alpha value is -3.05. The molecule has 0 radical (unpaired) electrons. The van der Waals surface area contributed by atoms with E-state index in [0.717, 1.165) is 33.7 Å². The molecule has 0 bridgehead atoms. The number of carbonyl (C=O) groups is 1. The lowest BCUT2D eigenvalue weighted by Crippen LogP contribution is -2.12. The maximum absolute atomic E-state index is 12.7. The highest BCUT2D eigenvalue weighted by Gasteiger charge is 2.14. The van der Waals surface area contributed by atoms with Crippen molar-refractivity contribution in [1.82, 2.24) is 14.8 Å². The van der Waals surface area contributed by atoms with Crippen molar-refractivity contribution >= 4 is 34.1 Å². The Morgan fingerprint density at radius 2 is 1.96 bits per heavy atom. The molecule has 2 aromatic heterocycles. The van der Waals surface area contributed by atoms with Crippen LogP contribution >= 0.6 is 11.6 Å². The molecule has 1 amide bonds. The van der Waals surface area contributed by atoms with Crippen molar-refractivity contribution in [2.75, 3.05) is 5.32 Å². The average Bonchev–Trinajstić information content (AvgIpc) is 3.18. The molecule has 0 aliphatic heterocycles. The van der Waals surface area contributed by atoms with E-state index in [1.54, 1.807) is 23.0 Å². The van der Waals surface area contributed by atoms with Crippen molar-refractivity contribution in [2.24, 2.45) is 0 Å². The molecular weight excluding hydrogens is 348 g/mol. The van der Waals surface area contributed by atoms with Gasteiger partial charge in [0.25, 0.3) is 5.91 Å². The second-order valence-corrected chi connectivity index (χ2v) is 6.53. The van der Waals surface area contributed by atoms with Gasteiger partial charge in [-0.25, -0.2) is 4.68 Å². The number of aromatic nitrogens is 3. The number of nitrogens with zero attached hydrogens (tertiary/aromatic N) is 2. The van der Waals surface area contributed by atoms with Crippen LogP contribution in [0.25, 0.3) is 16.6 Å². The summed E-state index contributed by atoms with van der Waals surface area (Å²) in [6.07, 6.45) is 1.80. The Kier molecular flexibility index (Phi) is 4.01. The van der Waals surface area contributed by atoms with Gasteiger partial charge in [0.05, 0.1) is 27.8 Å². The minimum Gasteiger partial charge on any atom is -0.359 e. The molecular formula is C20H17ClN4O. The van der Waals surface area contributed by atoms with E-state index in [9.17, 15) is 4.79 Å². The van der Waals surface area contributed by atoms with E-state index in [2.05, 4.69) is 15.4 Å². The van der Waals surface area contributed by atoms with E-state index in [-0.39, 0.29) is 5.91 Å². The molecule has 0 aliphatic carbocycles. The van der Waals surface area contributed by atoms with Crippen LogP contribution in [0.4, 0.5) is 5.69 Å². The average molecular weight is 365 g/mol. The first-order chi connectivity index (χ1) is 12.5. The summed E-state index contributed by atoms with van der Waals surface area (Å²) in [6, 6.07) is 15.2. The zero-order chi connectivity index (χ0) is 18.3. The van der Waals surface area contributed by atoms with Gasteiger partial charge >= 0.3 is 0 Å². The van der Waals surface area contributed by atoms with E-state index in [0.29, 0.717) is 10.6 Å². The molecule has 0 atom stereocenters. The minimum absolute atomic E-state index is 0.177. The molecule has 0 unspecified atom stereocenters. The van der Waals surface area contributed by atoms with Crippen LogP contribution in [0.3, 0.4) is 0 Å². The lowest BCUT2D eigenvalue weighted by molar-refractivity contribution is 0.102. The number of aryl methyl sites for hydroxylation is 1. The standard InChI is InChI=1S/C20H17ClN4O/c1-12-19(21)13(2)25(24-12)15-7-5-6-14(10-15)20(26)23-18-11-22-17-9-4-3-8-16(17)18/h3-11,22H,1-2H3,(H,23,26). The topological polar surface area (TPSA) is 62.7 Å². The SMILES string of the molecule is Cc1nn(-c2cccc(C(=O)Nc3c[nH]c4ccccc34)c2)c(C)c1Cl. The molecule has 2 heterocycles. The first-order valence-corrected chi connectivity index (χ1v) is 8.62. The van der Waals surface area contributed by atoms with Crippen molar-refractivity contribution in [1.29, 1.82) is 0 Å². The highest BCUT2D eigenvalue weighted by atomic mass is 35.5. The second kappa shape index (κ2) is 6.35. The number of carbonyl (C=O) groups excluding carboxylic acids is 1. The molecule has 0 saturated heterocycles. The van der Waals surface area contributed by atoms with Crippen LogP contribution in [0.15, 0.2) is 54.7 Å². The normalized spacial score (nSPS) is 11.0. The van der Waals surface area contributed by atoms with Crippen LogP contribution in [-0.4, -0.2) is 20.7 Å². The maximum Gasteiger partial charge on any atom is 0.255 e. The molecule has 5 nitrogen and oxygen atoms in total. The quantitative estimate of drug-likeness (QED) is 0.544. The number of amides is 1. The van der Waals surface area contributed by atoms with Crippen LogP contribution in [0.1, 0.15) is 21.7 Å².